The lowest BCUT2D eigenvalue weighted by Gasteiger charge is -2.12. The van der Waals surface area contributed by atoms with Crippen molar-refractivity contribution in [3.8, 4) is 5.75 Å². The highest BCUT2D eigenvalue weighted by atomic mass is 19.1. The number of amides is 1. The Balaban J connectivity index is 1.62. The largest absolute Gasteiger partial charge is 0.485 e. The fraction of sp³-hybridized carbons (Fsp3) is 0.188. The highest BCUT2D eigenvalue weighted by molar-refractivity contribution is 5.94. The Morgan fingerprint density at radius 3 is 2.67 bits per heavy atom. The van der Waals surface area contributed by atoms with E-state index >= 15 is 0 Å². The van der Waals surface area contributed by atoms with Gasteiger partial charge in [0.25, 0.3) is 5.91 Å². The SMILES string of the molecule is O=C(NC[C@H]1Cc2cccc(F)c2O1)c1ccccc1F. The summed E-state index contributed by atoms with van der Waals surface area (Å²) < 4.78 is 32.5. The van der Waals surface area contributed by atoms with Gasteiger partial charge in [0.2, 0.25) is 0 Å². The van der Waals surface area contributed by atoms with E-state index in [9.17, 15) is 13.6 Å². The Hall–Kier alpha value is -2.43. The number of hydrogen-bond acceptors (Lipinski definition) is 2. The van der Waals surface area contributed by atoms with Crippen molar-refractivity contribution in [3.05, 3.63) is 65.2 Å². The molecule has 1 amide bonds. The first-order valence-corrected chi connectivity index (χ1v) is 6.62. The molecule has 0 fully saturated rings. The topological polar surface area (TPSA) is 38.3 Å². The van der Waals surface area contributed by atoms with Gasteiger partial charge in [0.1, 0.15) is 11.9 Å². The molecule has 0 aromatic heterocycles. The zero-order valence-corrected chi connectivity index (χ0v) is 11.1. The van der Waals surface area contributed by atoms with E-state index in [0.29, 0.717) is 6.42 Å². The van der Waals surface area contributed by atoms with E-state index in [4.69, 9.17) is 4.74 Å². The molecule has 0 radical (unpaired) electrons. The second-order valence-corrected chi connectivity index (χ2v) is 4.86. The number of carbonyl (C=O) groups excluding carboxylic acids is 1. The second kappa shape index (κ2) is 5.52. The summed E-state index contributed by atoms with van der Waals surface area (Å²) in [6.45, 7) is 0.196. The first kappa shape index (κ1) is 13.5. The maximum Gasteiger partial charge on any atom is 0.254 e. The molecule has 21 heavy (non-hydrogen) atoms. The Kier molecular flexibility index (Phi) is 3.56. The van der Waals surface area contributed by atoms with Crippen LogP contribution in [0.15, 0.2) is 42.5 Å². The number of carbonyl (C=O) groups is 1. The summed E-state index contributed by atoms with van der Waals surface area (Å²) in [4.78, 5) is 11.9. The highest BCUT2D eigenvalue weighted by Crippen LogP contribution is 2.31. The van der Waals surface area contributed by atoms with Gasteiger partial charge < -0.3 is 10.1 Å². The summed E-state index contributed by atoms with van der Waals surface area (Å²) in [7, 11) is 0. The van der Waals surface area contributed by atoms with Crippen molar-refractivity contribution in [2.24, 2.45) is 0 Å². The molecule has 0 bridgehead atoms. The van der Waals surface area contributed by atoms with Crippen LogP contribution in [0.3, 0.4) is 0 Å². The number of rotatable bonds is 3. The van der Waals surface area contributed by atoms with Crippen LogP contribution in [0.4, 0.5) is 8.78 Å². The lowest BCUT2D eigenvalue weighted by atomic mass is 10.1. The van der Waals surface area contributed by atoms with Crippen LogP contribution < -0.4 is 10.1 Å². The van der Waals surface area contributed by atoms with Crippen LogP contribution >= 0.6 is 0 Å². The van der Waals surface area contributed by atoms with Crippen molar-refractivity contribution in [1.29, 1.82) is 0 Å². The molecule has 3 nitrogen and oxygen atoms in total. The van der Waals surface area contributed by atoms with Gasteiger partial charge in [-0.2, -0.15) is 0 Å². The molecule has 0 saturated heterocycles. The molecule has 1 aliphatic rings. The minimum absolute atomic E-state index is 0.0146. The molecule has 1 atom stereocenters. The summed E-state index contributed by atoms with van der Waals surface area (Å²) in [5, 5.41) is 2.61. The molecular formula is C16H13F2NO2. The number of fused-ring (bicyclic) bond motifs is 1. The van der Waals surface area contributed by atoms with Gasteiger partial charge >= 0.3 is 0 Å². The van der Waals surface area contributed by atoms with E-state index in [1.54, 1.807) is 18.2 Å². The van der Waals surface area contributed by atoms with Gasteiger partial charge in [0.05, 0.1) is 12.1 Å². The average molecular weight is 289 g/mol. The van der Waals surface area contributed by atoms with Gasteiger partial charge in [0.15, 0.2) is 11.6 Å². The van der Waals surface area contributed by atoms with Gasteiger partial charge in [0, 0.05) is 12.0 Å². The molecule has 3 rings (SSSR count). The predicted molar refractivity (Wildman–Crippen MR) is 73.3 cm³/mol. The predicted octanol–water partition coefficient (Wildman–Crippen LogP) is 2.70. The first-order chi connectivity index (χ1) is 10.1. The van der Waals surface area contributed by atoms with E-state index in [1.165, 1.54) is 24.3 Å². The summed E-state index contributed by atoms with van der Waals surface area (Å²) in [5.74, 6) is -1.25. The summed E-state index contributed by atoms with van der Waals surface area (Å²) >= 11 is 0. The van der Waals surface area contributed by atoms with Crippen molar-refractivity contribution >= 4 is 5.91 Å². The fourth-order valence-corrected chi connectivity index (χ4v) is 2.36. The number of ether oxygens (including phenoxy) is 1. The Morgan fingerprint density at radius 2 is 1.90 bits per heavy atom. The molecule has 0 spiro atoms. The van der Waals surface area contributed by atoms with E-state index in [2.05, 4.69) is 5.32 Å². The van der Waals surface area contributed by atoms with E-state index in [-0.39, 0.29) is 24.0 Å². The third-order valence-corrected chi connectivity index (χ3v) is 3.39. The Labute approximate surface area is 120 Å². The Morgan fingerprint density at radius 1 is 1.14 bits per heavy atom. The zero-order chi connectivity index (χ0) is 14.8. The summed E-state index contributed by atoms with van der Waals surface area (Å²) in [6.07, 6.45) is 0.178. The molecule has 2 aromatic rings. The normalized spacial score (nSPS) is 16.2. The number of hydrogen-bond donors (Lipinski definition) is 1. The summed E-state index contributed by atoms with van der Waals surface area (Å²) in [6, 6.07) is 10.5. The van der Waals surface area contributed by atoms with Gasteiger partial charge in [-0.15, -0.1) is 0 Å². The van der Waals surface area contributed by atoms with Crippen molar-refractivity contribution in [2.45, 2.75) is 12.5 Å². The maximum atomic E-state index is 13.5. The quantitative estimate of drug-likeness (QED) is 0.943. The average Bonchev–Trinajstić information content (AvgIpc) is 2.90. The molecule has 1 heterocycles. The molecule has 1 aliphatic heterocycles. The lowest BCUT2D eigenvalue weighted by molar-refractivity contribution is 0.0929. The maximum absolute atomic E-state index is 13.5. The van der Waals surface area contributed by atoms with E-state index in [0.717, 1.165) is 5.56 Å². The monoisotopic (exact) mass is 289 g/mol. The minimum atomic E-state index is -0.573. The first-order valence-electron chi connectivity index (χ1n) is 6.62. The zero-order valence-electron chi connectivity index (χ0n) is 11.1. The standard InChI is InChI=1S/C16H13F2NO2/c17-13-6-2-1-5-12(13)16(20)19-9-11-8-10-4-3-7-14(18)15(10)21-11/h1-7,11H,8-9H2,(H,19,20)/t11-/m1/s1. The third kappa shape index (κ3) is 2.72. The number of para-hydroxylation sites is 1. The number of nitrogens with one attached hydrogen (secondary N) is 1. The summed E-state index contributed by atoms with van der Waals surface area (Å²) in [5.41, 5.74) is 0.763. The molecule has 0 saturated carbocycles. The molecule has 0 unspecified atom stereocenters. The molecule has 108 valence electrons. The molecule has 1 N–H and O–H groups in total. The van der Waals surface area contributed by atoms with Crippen LogP contribution in [-0.2, 0) is 6.42 Å². The molecule has 0 aliphatic carbocycles. The molecule has 5 heteroatoms. The minimum Gasteiger partial charge on any atom is -0.485 e. The molecule has 2 aromatic carbocycles. The van der Waals surface area contributed by atoms with Crippen LogP contribution in [0.5, 0.6) is 5.75 Å². The van der Waals surface area contributed by atoms with Crippen molar-refractivity contribution < 1.29 is 18.3 Å². The van der Waals surface area contributed by atoms with Crippen LogP contribution in [0.2, 0.25) is 0 Å². The second-order valence-electron chi connectivity index (χ2n) is 4.86. The van der Waals surface area contributed by atoms with Crippen LogP contribution in [0.1, 0.15) is 15.9 Å². The van der Waals surface area contributed by atoms with Crippen LogP contribution in [-0.4, -0.2) is 18.6 Å². The van der Waals surface area contributed by atoms with Crippen LogP contribution in [0.25, 0.3) is 0 Å². The lowest BCUT2D eigenvalue weighted by Crippen LogP contribution is -2.34. The van der Waals surface area contributed by atoms with Crippen LogP contribution in [0, 0.1) is 11.6 Å². The van der Waals surface area contributed by atoms with E-state index < -0.39 is 17.5 Å². The number of benzene rings is 2. The van der Waals surface area contributed by atoms with Gasteiger partial charge in [-0.25, -0.2) is 8.78 Å². The fourth-order valence-electron chi connectivity index (χ4n) is 2.36. The number of halogens is 2. The smallest absolute Gasteiger partial charge is 0.254 e. The molecular weight excluding hydrogens is 276 g/mol. The van der Waals surface area contributed by atoms with Crippen molar-refractivity contribution in [3.63, 3.8) is 0 Å². The third-order valence-electron chi connectivity index (χ3n) is 3.39. The highest BCUT2D eigenvalue weighted by Gasteiger charge is 2.26. The van der Waals surface area contributed by atoms with Gasteiger partial charge in [-0.1, -0.05) is 24.3 Å². The van der Waals surface area contributed by atoms with E-state index in [1.807, 2.05) is 0 Å². The van der Waals surface area contributed by atoms with Gasteiger partial charge in [-0.3, -0.25) is 4.79 Å². The van der Waals surface area contributed by atoms with Crippen molar-refractivity contribution in [2.75, 3.05) is 6.54 Å². The van der Waals surface area contributed by atoms with Gasteiger partial charge in [-0.05, 0) is 18.2 Å². The Bertz CT molecular complexity index is 688. The van der Waals surface area contributed by atoms with Crippen molar-refractivity contribution in [1.82, 2.24) is 5.32 Å².